The molecule has 1 unspecified atom stereocenters. The number of halogens is 2. The molecule has 1 heterocycles. The molecule has 0 amide bonds. The van der Waals surface area contributed by atoms with Gasteiger partial charge in [-0.3, -0.25) is 0 Å². The summed E-state index contributed by atoms with van der Waals surface area (Å²) >= 11 is 7.71. The molecule has 0 fully saturated rings. The van der Waals surface area contributed by atoms with Crippen LogP contribution in [0.1, 0.15) is 30.8 Å². The molecule has 1 aromatic heterocycles. The van der Waals surface area contributed by atoms with Gasteiger partial charge < -0.3 is 4.57 Å². The number of alkyl halides is 1. The number of fused-ring (bicyclic) bond motifs is 1. The molecule has 2 nitrogen and oxygen atoms in total. The van der Waals surface area contributed by atoms with Crippen LogP contribution in [0.15, 0.2) is 12.1 Å². The van der Waals surface area contributed by atoms with Crippen LogP contribution in [0.3, 0.4) is 0 Å². The van der Waals surface area contributed by atoms with Gasteiger partial charge in [-0.2, -0.15) is 11.8 Å². The molecular formula is C15H20ClFN2S. The third-order valence-electron chi connectivity index (χ3n) is 3.56. The number of hydrogen-bond donors (Lipinski definition) is 0. The first-order chi connectivity index (χ1) is 9.62. The lowest BCUT2D eigenvalue weighted by atomic mass is 10.2. The Kier molecular flexibility index (Phi) is 5.33. The predicted molar refractivity (Wildman–Crippen MR) is 86.6 cm³/mol. The normalized spacial score (nSPS) is 13.1. The Balaban J connectivity index is 2.63. The van der Waals surface area contributed by atoms with Gasteiger partial charge in [0, 0.05) is 30.2 Å². The standard InChI is InChI=1S/C15H20ClFN2S/c1-4-11(9-20-3)19-14-7-10(2)12(17)8-13(14)18-15(19)5-6-16/h7-8,11H,4-6,9H2,1-3H3. The largest absolute Gasteiger partial charge is 0.324 e. The summed E-state index contributed by atoms with van der Waals surface area (Å²) in [7, 11) is 0. The van der Waals surface area contributed by atoms with E-state index in [0.29, 0.717) is 23.9 Å². The molecule has 0 aliphatic heterocycles. The average Bonchev–Trinajstić information content (AvgIpc) is 2.74. The Bertz CT molecular complexity index is 597. The van der Waals surface area contributed by atoms with Crippen molar-refractivity contribution >= 4 is 34.4 Å². The molecule has 0 bridgehead atoms. The molecule has 0 aliphatic carbocycles. The van der Waals surface area contributed by atoms with E-state index in [0.717, 1.165) is 29.0 Å². The highest BCUT2D eigenvalue weighted by Gasteiger charge is 2.18. The van der Waals surface area contributed by atoms with Gasteiger partial charge in [0.1, 0.15) is 11.6 Å². The van der Waals surface area contributed by atoms with E-state index in [2.05, 4.69) is 22.7 Å². The maximum absolute atomic E-state index is 13.7. The first kappa shape index (κ1) is 15.6. The fraction of sp³-hybridized carbons (Fsp3) is 0.533. The van der Waals surface area contributed by atoms with Crippen LogP contribution in [0.2, 0.25) is 0 Å². The highest BCUT2D eigenvalue weighted by Crippen LogP contribution is 2.27. The minimum absolute atomic E-state index is 0.197. The predicted octanol–water partition coefficient (Wildman–Crippen LogP) is 4.58. The van der Waals surface area contributed by atoms with Crippen molar-refractivity contribution in [3.63, 3.8) is 0 Å². The first-order valence-corrected chi connectivity index (χ1v) is 8.77. The van der Waals surface area contributed by atoms with Crippen molar-refractivity contribution in [3.05, 3.63) is 29.3 Å². The van der Waals surface area contributed by atoms with E-state index in [9.17, 15) is 4.39 Å². The van der Waals surface area contributed by atoms with E-state index in [1.807, 2.05) is 17.8 Å². The lowest BCUT2D eigenvalue weighted by Gasteiger charge is -2.19. The summed E-state index contributed by atoms with van der Waals surface area (Å²) in [6.07, 6.45) is 3.84. The fourth-order valence-electron chi connectivity index (χ4n) is 2.51. The van der Waals surface area contributed by atoms with Crippen molar-refractivity contribution in [1.29, 1.82) is 0 Å². The van der Waals surface area contributed by atoms with E-state index in [1.54, 1.807) is 6.92 Å². The maximum Gasteiger partial charge on any atom is 0.128 e. The minimum atomic E-state index is -0.197. The second-order valence-corrected chi connectivity index (χ2v) is 6.23. The molecule has 0 aliphatic rings. The molecule has 0 N–H and O–H groups in total. The van der Waals surface area contributed by atoms with Crippen molar-refractivity contribution in [2.75, 3.05) is 17.9 Å². The molecule has 5 heteroatoms. The molecule has 0 saturated heterocycles. The zero-order chi connectivity index (χ0) is 14.7. The first-order valence-electron chi connectivity index (χ1n) is 6.84. The van der Waals surface area contributed by atoms with Crippen molar-refractivity contribution in [3.8, 4) is 0 Å². The summed E-state index contributed by atoms with van der Waals surface area (Å²) in [5.74, 6) is 2.31. The molecular weight excluding hydrogens is 295 g/mol. The van der Waals surface area contributed by atoms with Crippen molar-refractivity contribution in [2.45, 2.75) is 32.7 Å². The molecule has 1 atom stereocenters. The number of hydrogen-bond acceptors (Lipinski definition) is 2. The molecule has 0 saturated carbocycles. The van der Waals surface area contributed by atoms with Crippen LogP contribution in [0.25, 0.3) is 11.0 Å². The van der Waals surface area contributed by atoms with Gasteiger partial charge in [-0.1, -0.05) is 6.92 Å². The van der Waals surface area contributed by atoms with E-state index in [4.69, 9.17) is 11.6 Å². The Labute approximate surface area is 128 Å². The third kappa shape index (κ3) is 2.96. The van der Waals surface area contributed by atoms with Crippen molar-refractivity contribution in [2.24, 2.45) is 0 Å². The molecule has 110 valence electrons. The summed E-state index contributed by atoms with van der Waals surface area (Å²) in [4.78, 5) is 4.58. The van der Waals surface area contributed by atoms with Crippen LogP contribution >= 0.6 is 23.4 Å². The fourth-order valence-corrected chi connectivity index (χ4v) is 3.44. The van der Waals surface area contributed by atoms with Gasteiger partial charge in [-0.05, 0) is 31.2 Å². The number of rotatable bonds is 6. The van der Waals surface area contributed by atoms with Gasteiger partial charge in [0.25, 0.3) is 0 Å². The van der Waals surface area contributed by atoms with Crippen LogP contribution in [-0.2, 0) is 6.42 Å². The van der Waals surface area contributed by atoms with Crippen LogP contribution in [-0.4, -0.2) is 27.4 Å². The number of imidazole rings is 1. The Morgan fingerprint density at radius 1 is 1.45 bits per heavy atom. The lowest BCUT2D eigenvalue weighted by Crippen LogP contribution is -2.14. The molecule has 2 rings (SSSR count). The van der Waals surface area contributed by atoms with E-state index in [1.165, 1.54) is 6.07 Å². The number of nitrogens with zero attached hydrogens (tertiary/aromatic N) is 2. The summed E-state index contributed by atoms with van der Waals surface area (Å²) in [5.41, 5.74) is 2.41. The lowest BCUT2D eigenvalue weighted by molar-refractivity contribution is 0.533. The minimum Gasteiger partial charge on any atom is -0.324 e. The van der Waals surface area contributed by atoms with Gasteiger partial charge in [-0.25, -0.2) is 9.37 Å². The number of aromatic nitrogens is 2. The smallest absolute Gasteiger partial charge is 0.128 e. The second kappa shape index (κ2) is 6.81. The summed E-state index contributed by atoms with van der Waals surface area (Å²) < 4.78 is 16.0. The van der Waals surface area contributed by atoms with Gasteiger partial charge in [0.15, 0.2) is 0 Å². The van der Waals surface area contributed by atoms with E-state index < -0.39 is 0 Å². The summed E-state index contributed by atoms with van der Waals surface area (Å²) in [6.45, 7) is 3.97. The summed E-state index contributed by atoms with van der Waals surface area (Å²) in [6, 6.07) is 3.81. The van der Waals surface area contributed by atoms with Crippen LogP contribution in [0.5, 0.6) is 0 Å². The Hall–Kier alpha value is -0.740. The van der Waals surface area contributed by atoms with Crippen molar-refractivity contribution in [1.82, 2.24) is 9.55 Å². The molecule has 0 spiro atoms. The second-order valence-electron chi connectivity index (χ2n) is 4.94. The molecule has 2 aromatic rings. The SMILES string of the molecule is CCC(CSC)n1c(CCCl)nc2cc(F)c(C)cc21. The van der Waals surface area contributed by atoms with Gasteiger partial charge in [0.2, 0.25) is 0 Å². The quantitative estimate of drug-likeness (QED) is 0.726. The number of aryl methyl sites for hydroxylation is 2. The summed E-state index contributed by atoms with van der Waals surface area (Å²) in [5, 5.41) is 0. The Morgan fingerprint density at radius 3 is 2.80 bits per heavy atom. The maximum atomic E-state index is 13.7. The zero-order valence-corrected chi connectivity index (χ0v) is 13.7. The molecule has 0 radical (unpaired) electrons. The molecule has 1 aromatic carbocycles. The van der Waals surface area contributed by atoms with Crippen LogP contribution < -0.4 is 0 Å². The monoisotopic (exact) mass is 314 g/mol. The number of benzene rings is 1. The van der Waals surface area contributed by atoms with Gasteiger partial charge in [0.05, 0.1) is 11.0 Å². The average molecular weight is 315 g/mol. The van der Waals surface area contributed by atoms with Gasteiger partial charge in [-0.15, -0.1) is 11.6 Å². The third-order valence-corrected chi connectivity index (χ3v) is 4.46. The van der Waals surface area contributed by atoms with E-state index >= 15 is 0 Å². The number of thioether (sulfide) groups is 1. The van der Waals surface area contributed by atoms with E-state index in [-0.39, 0.29) is 5.82 Å². The van der Waals surface area contributed by atoms with Crippen LogP contribution in [0.4, 0.5) is 4.39 Å². The van der Waals surface area contributed by atoms with Gasteiger partial charge >= 0.3 is 0 Å². The Morgan fingerprint density at radius 2 is 2.20 bits per heavy atom. The highest BCUT2D eigenvalue weighted by molar-refractivity contribution is 7.98. The highest BCUT2D eigenvalue weighted by atomic mass is 35.5. The molecule has 20 heavy (non-hydrogen) atoms. The zero-order valence-electron chi connectivity index (χ0n) is 12.1. The van der Waals surface area contributed by atoms with Crippen molar-refractivity contribution < 1.29 is 4.39 Å². The van der Waals surface area contributed by atoms with Crippen LogP contribution in [0, 0.1) is 12.7 Å². The topological polar surface area (TPSA) is 17.8 Å².